The lowest BCUT2D eigenvalue weighted by atomic mass is 10.1. The standard InChI is InChI=1S/C20H30N2O7/c1-5-8-18(23)17(14-27-13-15-9-11-16(26-4)12-10-15)22(20(25)29-7-3)21-19(24)28-6-2/h5,9-12,17-18,23H,1,6-8,13-14H2,2-4H3,(H,21,24)/t17-,18+/m1/s1. The highest BCUT2D eigenvalue weighted by molar-refractivity contribution is 5.74. The molecule has 0 heterocycles. The second kappa shape index (κ2) is 13.4. The highest BCUT2D eigenvalue weighted by Gasteiger charge is 2.32. The number of amides is 2. The summed E-state index contributed by atoms with van der Waals surface area (Å²) in [6, 6.07) is 6.36. The summed E-state index contributed by atoms with van der Waals surface area (Å²) in [5, 5.41) is 11.4. The number of aliphatic hydroxyl groups excluding tert-OH is 1. The predicted octanol–water partition coefficient (Wildman–Crippen LogP) is 2.64. The van der Waals surface area contributed by atoms with Crippen LogP contribution in [-0.2, 0) is 20.8 Å². The van der Waals surface area contributed by atoms with E-state index in [1.807, 2.05) is 12.1 Å². The van der Waals surface area contributed by atoms with E-state index in [0.29, 0.717) is 0 Å². The van der Waals surface area contributed by atoms with E-state index in [0.717, 1.165) is 16.3 Å². The summed E-state index contributed by atoms with van der Waals surface area (Å²) in [4.78, 5) is 24.2. The second-order valence-electron chi connectivity index (χ2n) is 5.92. The molecule has 0 aliphatic carbocycles. The maximum atomic E-state index is 12.4. The number of hydrazine groups is 1. The number of aliphatic hydroxyl groups is 1. The lowest BCUT2D eigenvalue weighted by Gasteiger charge is -2.33. The van der Waals surface area contributed by atoms with Crippen LogP contribution >= 0.6 is 0 Å². The van der Waals surface area contributed by atoms with Crippen molar-refractivity contribution in [3.63, 3.8) is 0 Å². The SMILES string of the molecule is C=CC[C@H](O)[C@@H](COCc1ccc(OC)cc1)N(NC(=O)OCC)C(=O)OCC. The molecule has 1 rings (SSSR count). The first-order chi connectivity index (χ1) is 14.0. The van der Waals surface area contributed by atoms with E-state index in [9.17, 15) is 14.7 Å². The number of nitrogens with one attached hydrogen (secondary N) is 1. The Bertz CT molecular complexity index is 636. The van der Waals surface area contributed by atoms with Gasteiger partial charge in [0.05, 0.1) is 39.6 Å². The molecule has 0 aliphatic rings. The Morgan fingerprint density at radius 3 is 2.41 bits per heavy atom. The van der Waals surface area contributed by atoms with Crippen molar-refractivity contribution in [2.24, 2.45) is 0 Å². The molecule has 2 atom stereocenters. The van der Waals surface area contributed by atoms with Gasteiger partial charge in [-0.15, -0.1) is 6.58 Å². The zero-order valence-corrected chi connectivity index (χ0v) is 17.1. The maximum absolute atomic E-state index is 12.4. The summed E-state index contributed by atoms with van der Waals surface area (Å²) in [7, 11) is 1.58. The van der Waals surface area contributed by atoms with Crippen molar-refractivity contribution in [2.75, 3.05) is 26.9 Å². The predicted molar refractivity (Wildman–Crippen MR) is 106 cm³/mol. The molecule has 9 heteroatoms. The number of nitrogens with zero attached hydrogens (tertiary/aromatic N) is 1. The molecule has 9 nitrogen and oxygen atoms in total. The van der Waals surface area contributed by atoms with E-state index in [1.54, 1.807) is 33.1 Å². The lowest BCUT2D eigenvalue weighted by Crippen LogP contribution is -2.58. The third-order valence-corrected chi connectivity index (χ3v) is 3.85. The number of rotatable bonds is 11. The Kier molecular flexibility index (Phi) is 11.2. The number of carbonyl (C=O) groups excluding carboxylic acids is 2. The minimum absolute atomic E-state index is 0.0632. The van der Waals surface area contributed by atoms with Gasteiger partial charge in [0.1, 0.15) is 11.8 Å². The van der Waals surface area contributed by atoms with Crippen LogP contribution in [0, 0.1) is 0 Å². The Labute approximate surface area is 171 Å². The van der Waals surface area contributed by atoms with Gasteiger partial charge in [0, 0.05) is 0 Å². The summed E-state index contributed by atoms with van der Waals surface area (Å²) in [5.41, 5.74) is 3.19. The van der Waals surface area contributed by atoms with Crippen LogP contribution in [0.2, 0.25) is 0 Å². The summed E-state index contributed by atoms with van der Waals surface area (Å²) in [6.07, 6.45) is -1.03. The first-order valence-electron chi connectivity index (χ1n) is 9.35. The number of carbonyl (C=O) groups is 2. The normalized spacial score (nSPS) is 12.4. The third-order valence-electron chi connectivity index (χ3n) is 3.85. The molecule has 0 saturated carbocycles. The average Bonchev–Trinajstić information content (AvgIpc) is 2.71. The van der Waals surface area contributed by atoms with Crippen LogP contribution in [-0.4, -0.2) is 61.4 Å². The molecule has 0 aromatic heterocycles. The quantitative estimate of drug-likeness (QED) is 0.427. The molecule has 0 spiro atoms. The Morgan fingerprint density at radius 1 is 1.21 bits per heavy atom. The first kappa shape index (κ1) is 24.3. The molecule has 0 radical (unpaired) electrons. The molecule has 0 unspecified atom stereocenters. The van der Waals surface area contributed by atoms with Crippen molar-refractivity contribution in [1.29, 1.82) is 0 Å². The highest BCUT2D eigenvalue weighted by Crippen LogP contribution is 2.14. The zero-order valence-electron chi connectivity index (χ0n) is 17.1. The van der Waals surface area contributed by atoms with Crippen LogP contribution in [0.5, 0.6) is 5.75 Å². The van der Waals surface area contributed by atoms with Gasteiger partial charge in [-0.05, 0) is 38.0 Å². The van der Waals surface area contributed by atoms with Gasteiger partial charge in [-0.25, -0.2) is 20.0 Å². The van der Waals surface area contributed by atoms with E-state index >= 15 is 0 Å². The summed E-state index contributed by atoms with van der Waals surface area (Å²) < 4.78 is 20.6. The minimum atomic E-state index is -1.05. The number of hydrogen-bond acceptors (Lipinski definition) is 7. The van der Waals surface area contributed by atoms with Gasteiger partial charge in [-0.3, -0.25) is 0 Å². The molecule has 1 aromatic rings. The van der Waals surface area contributed by atoms with Gasteiger partial charge in [-0.1, -0.05) is 18.2 Å². The molecule has 2 N–H and O–H groups in total. The molecule has 29 heavy (non-hydrogen) atoms. The Hall–Kier alpha value is -2.78. The zero-order chi connectivity index (χ0) is 21.6. The van der Waals surface area contributed by atoms with Gasteiger partial charge in [0.2, 0.25) is 0 Å². The van der Waals surface area contributed by atoms with Gasteiger partial charge in [0.15, 0.2) is 0 Å². The highest BCUT2D eigenvalue weighted by atomic mass is 16.6. The molecule has 2 amide bonds. The fourth-order valence-corrected chi connectivity index (χ4v) is 2.42. The summed E-state index contributed by atoms with van der Waals surface area (Å²) in [5.74, 6) is 0.722. The van der Waals surface area contributed by atoms with Crippen LogP contribution in [0.15, 0.2) is 36.9 Å². The summed E-state index contributed by atoms with van der Waals surface area (Å²) >= 11 is 0. The van der Waals surface area contributed by atoms with Crippen molar-refractivity contribution in [2.45, 2.75) is 39.0 Å². The minimum Gasteiger partial charge on any atom is -0.497 e. The number of methoxy groups -OCH3 is 1. The number of benzene rings is 1. The second-order valence-corrected chi connectivity index (χ2v) is 5.92. The molecule has 0 bridgehead atoms. The molecule has 1 aromatic carbocycles. The fourth-order valence-electron chi connectivity index (χ4n) is 2.42. The van der Waals surface area contributed by atoms with Gasteiger partial charge in [-0.2, -0.15) is 0 Å². The molecular weight excluding hydrogens is 380 g/mol. The van der Waals surface area contributed by atoms with E-state index in [4.69, 9.17) is 18.9 Å². The Morgan fingerprint density at radius 2 is 1.86 bits per heavy atom. The van der Waals surface area contributed by atoms with Crippen molar-refractivity contribution < 1.29 is 33.6 Å². The molecular formula is C20H30N2O7. The van der Waals surface area contributed by atoms with Crippen LogP contribution in [0.25, 0.3) is 0 Å². The van der Waals surface area contributed by atoms with Crippen LogP contribution < -0.4 is 10.2 Å². The summed E-state index contributed by atoms with van der Waals surface area (Å²) in [6.45, 7) is 7.25. The van der Waals surface area contributed by atoms with Gasteiger partial charge >= 0.3 is 12.2 Å². The maximum Gasteiger partial charge on any atom is 0.429 e. The lowest BCUT2D eigenvalue weighted by molar-refractivity contribution is -0.0315. The molecule has 0 saturated heterocycles. The van der Waals surface area contributed by atoms with Gasteiger partial charge < -0.3 is 24.1 Å². The number of hydrogen-bond donors (Lipinski definition) is 2. The monoisotopic (exact) mass is 410 g/mol. The molecule has 0 fully saturated rings. The Balaban J connectivity index is 2.89. The smallest absolute Gasteiger partial charge is 0.429 e. The van der Waals surface area contributed by atoms with Crippen molar-refractivity contribution >= 4 is 12.2 Å². The first-order valence-corrected chi connectivity index (χ1v) is 9.35. The molecule has 0 aliphatic heterocycles. The van der Waals surface area contributed by atoms with E-state index in [2.05, 4.69) is 12.0 Å². The van der Waals surface area contributed by atoms with Crippen LogP contribution in [0.4, 0.5) is 9.59 Å². The van der Waals surface area contributed by atoms with Gasteiger partial charge in [0.25, 0.3) is 0 Å². The topological polar surface area (TPSA) is 107 Å². The van der Waals surface area contributed by atoms with Crippen molar-refractivity contribution in [3.8, 4) is 5.75 Å². The van der Waals surface area contributed by atoms with Crippen molar-refractivity contribution in [3.05, 3.63) is 42.5 Å². The van der Waals surface area contributed by atoms with Crippen LogP contribution in [0.3, 0.4) is 0 Å². The van der Waals surface area contributed by atoms with E-state index in [1.165, 1.54) is 6.08 Å². The van der Waals surface area contributed by atoms with Crippen LogP contribution in [0.1, 0.15) is 25.8 Å². The largest absolute Gasteiger partial charge is 0.497 e. The average molecular weight is 410 g/mol. The fraction of sp³-hybridized carbons (Fsp3) is 0.500. The van der Waals surface area contributed by atoms with E-state index in [-0.39, 0.29) is 32.8 Å². The third kappa shape index (κ3) is 8.41. The van der Waals surface area contributed by atoms with E-state index < -0.39 is 24.3 Å². The van der Waals surface area contributed by atoms with Crippen molar-refractivity contribution in [1.82, 2.24) is 10.4 Å². The molecule has 162 valence electrons. The number of ether oxygens (including phenoxy) is 4.